The van der Waals surface area contributed by atoms with Gasteiger partial charge in [0.1, 0.15) is 17.1 Å². The highest BCUT2D eigenvalue weighted by atomic mass is 16.5. The summed E-state index contributed by atoms with van der Waals surface area (Å²) in [6, 6.07) is 5.18. The summed E-state index contributed by atoms with van der Waals surface area (Å²) in [5, 5.41) is 0. The van der Waals surface area contributed by atoms with Crippen molar-refractivity contribution < 1.29 is 14.3 Å². The Bertz CT molecular complexity index is 382. The Hall–Kier alpha value is -1.55. The zero-order valence-electron chi connectivity index (χ0n) is 11.2. The number of carbonyl (C=O) groups excluding carboxylic acids is 1. The lowest BCUT2D eigenvalue weighted by atomic mass is 10.00. The zero-order valence-corrected chi connectivity index (χ0v) is 11.2. The van der Waals surface area contributed by atoms with Gasteiger partial charge in [0.05, 0.1) is 14.2 Å². The average molecular weight is 251 g/mol. The Balaban J connectivity index is 2.96. The topological polar surface area (TPSA) is 61.6 Å². The maximum Gasteiger partial charge on any atom is 0.171 e. The quantitative estimate of drug-likeness (QED) is 0.756. The molecule has 0 amide bonds. The molecule has 0 saturated carbocycles. The van der Waals surface area contributed by atoms with Crippen molar-refractivity contribution in [3.63, 3.8) is 0 Å². The zero-order chi connectivity index (χ0) is 13.5. The highest BCUT2D eigenvalue weighted by Crippen LogP contribution is 2.29. The molecule has 1 aromatic rings. The summed E-state index contributed by atoms with van der Waals surface area (Å²) < 4.78 is 10.4. The van der Waals surface area contributed by atoms with Crippen LogP contribution in [0.2, 0.25) is 0 Å². The van der Waals surface area contributed by atoms with Crippen LogP contribution >= 0.6 is 0 Å². The Morgan fingerprint density at radius 3 is 2.28 bits per heavy atom. The van der Waals surface area contributed by atoms with Crippen LogP contribution in [0, 0.1) is 0 Å². The molecule has 4 heteroatoms. The number of Topliss-reactive ketones (excluding diaryl/α,β-unsaturated/α-hetero) is 1. The van der Waals surface area contributed by atoms with Gasteiger partial charge in [-0.2, -0.15) is 0 Å². The van der Waals surface area contributed by atoms with Gasteiger partial charge in [-0.05, 0) is 18.6 Å². The van der Waals surface area contributed by atoms with E-state index in [1.54, 1.807) is 18.2 Å². The van der Waals surface area contributed by atoms with Crippen LogP contribution in [0.3, 0.4) is 0 Å². The summed E-state index contributed by atoms with van der Waals surface area (Å²) in [6.07, 6.45) is 2.12. The Kier molecular flexibility index (Phi) is 5.65. The third kappa shape index (κ3) is 3.47. The molecular weight excluding hydrogens is 230 g/mol. The molecule has 18 heavy (non-hydrogen) atoms. The molecule has 0 aliphatic heterocycles. The van der Waals surface area contributed by atoms with Gasteiger partial charge in [0.25, 0.3) is 0 Å². The fraction of sp³-hybridized carbons (Fsp3) is 0.500. The van der Waals surface area contributed by atoms with Crippen molar-refractivity contribution >= 4 is 5.78 Å². The normalized spacial score (nSPS) is 12.0. The Labute approximate surface area is 108 Å². The minimum atomic E-state index is -0.114. The van der Waals surface area contributed by atoms with Crippen LogP contribution in [0.25, 0.3) is 0 Å². The van der Waals surface area contributed by atoms with Crippen LogP contribution in [0.1, 0.15) is 36.5 Å². The first-order chi connectivity index (χ1) is 8.63. The number of hydrogen-bond donors (Lipinski definition) is 1. The second kappa shape index (κ2) is 7.01. The first-order valence-corrected chi connectivity index (χ1v) is 6.13. The van der Waals surface area contributed by atoms with Gasteiger partial charge in [-0.1, -0.05) is 19.4 Å². The van der Waals surface area contributed by atoms with Crippen molar-refractivity contribution in [2.75, 3.05) is 14.2 Å². The first-order valence-electron chi connectivity index (χ1n) is 6.13. The molecule has 0 bridgehead atoms. The molecule has 1 rings (SSSR count). The second-order valence-corrected chi connectivity index (χ2v) is 4.21. The van der Waals surface area contributed by atoms with Crippen LogP contribution in [0.4, 0.5) is 0 Å². The van der Waals surface area contributed by atoms with Crippen molar-refractivity contribution in [2.24, 2.45) is 5.73 Å². The van der Waals surface area contributed by atoms with Gasteiger partial charge in [0.15, 0.2) is 5.78 Å². The molecule has 1 atom stereocenters. The van der Waals surface area contributed by atoms with Gasteiger partial charge in [0, 0.05) is 12.5 Å². The number of ketones is 1. The van der Waals surface area contributed by atoms with Crippen molar-refractivity contribution in [3.8, 4) is 11.5 Å². The van der Waals surface area contributed by atoms with Crippen LogP contribution in [-0.4, -0.2) is 26.0 Å². The van der Waals surface area contributed by atoms with Gasteiger partial charge >= 0.3 is 0 Å². The SMILES string of the molecule is CCCC(N)CC(=O)c1c(OC)cccc1OC. The monoisotopic (exact) mass is 251 g/mol. The van der Waals surface area contributed by atoms with E-state index in [9.17, 15) is 4.79 Å². The molecule has 0 aliphatic carbocycles. The summed E-state index contributed by atoms with van der Waals surface area (Å²) in [7, 11) is 3.08. The number of rotatable bonds is 7. The van der Waals surface area contributed by atoms with Gasteiger partial charge in [0.2, 0.25) is 0 Å². The van der Waals surface area contributed by atoms with Crippen LogP contribution in [0.5, 0.6) is 11.5 Å². The lowest BCUT2D eigenvalue weighted by Crippen LogP contribution is -2.24. The summed E-state index contributed by atoms with van der Waals surface area (Å²) in [4.78, 5) is 12.2. The van der Waals surface area contributed by atoms with Gasteiger partial charge in [-0.15, -0.1) is 0 Å². The van der Waals surface area contributed by atoms with E-state index in [2.05, 4.69) is 0 Å². The fourth-order valence-corrected chi connectivity index (χ4v) is 1.94. The van der Waals surface area contributed by atoms with Gasteiger partial charge < -0.3 is 15.2 Å². The minimum Gasteiger partial charge on any atom is -0.496 e. The molecule has 2 N–H and O–H groups in total. The summed E-state index contributed by atoms with van der Waals surface area (Å²) >= 11 is 0. The van der Waals surface area contributed by atoms with Gasteiger partial charge in [-0.3, -0.25) is 4.79 Å². The van der Waals surface area contributed by atoms with E-state index in [1.165, 1.54) is 14.2 Å². The van der Waals surface area contributed by atoms with E-state index in [1.807, 2.05) is 6.92 Å². The number of ether oxygens (including phenoxy) is 2. The van der Waals surface area contributed by atoms with E-state index >= 15 is 0 Å². The molecule has 0 fully saturated rings. The second-order valence-electron chi connectivity index (χ2n) is 4.21. The standard InChI is InChI=1S/C14H21NO3/c1-4-6-10(15)9-11(16)14-12(17-2)7-5-8-13(14)18-3/h5,7-8,10H,4,6,9,15H2,1-3H3. The lowest BCUT2D eigenvalue weighted by molar-refractivity contribution is 0.0967. The third-order valence-electron chi connectivity index (χ3n) is 2.81. The molecule has 4 nitrogen and oxygen atoms in total. The summed E-state index contributed by atoms with van der Waals surface area (Å²) in [5.41, 5.74) is 6.38. The maximum atomic E-state index is 12.2. The minimum absolute atomic E-state index is 0.0368. The Morgan fingerprint density at radius 1 is 1.28 bits per heavy atom. The highest BCUT2D eigenvalue weighted by molar-refractivity contribution is 6.01. The molecule has 0 aliphatic rings. The van der Waals surface area contributed by atoms with E-state index in [0.717, 1.165) is 12.8 Å². The van der Waals surface area contributed by atoms with Crippen molar-refractivity contribution in [3.05, 3.63) is 23.8 Å². The number of nitrogens with two attached hydrogens (primary N) is 1. The third-order valence-corrected chi connectivity index (χ3v) is 2.81. The number of carbonyl (C=O) groups is 1. The molecule has 0 radical (unpaired) electrons. The molecule has 0 aromatic heterocycles. The molecule has 1 unspecified atom stereocenters. The summed E-state index contributed by atoms with van der Waals surface area (Å²) in [6.45, 7) is 2.05. The molecule has 100 valence electrons. The Morgan fingerprint density at radius 2 is 1.83 bits per heavy atom. The highest BCUT2D eigenvalue weighted by Gasteiger charge is 2.19. The van der Waals surface area contributed by atoms with Crippen LogP contribution in [0.15, 0.2) is 18.2 Å². The molecule has 0 saturated heterocycles. The number of methoxy groups -OCH3 is 2. The largest absolute Gasteiger partial charge is 0.496 e. The molecule has 0 heterocycles. The lowest BCUT2D eigenvalue weighted by Gasteiger charge is -2.14. The number of benzene rings is 1. The van der Waals surface area contributed by atoms with Crippen molar-refractivity contribution in [1.29, 1.82) is 0 Å². The van der Waals surface area contributed by atoms with E-state index in [0.29, 0.717) is 23.5 Å². The van der Waals surface area contributed by atoms with Crippen LogP contribution in [-0.2, 0) is 0 Å². The smallest absolute Gasteiger partial charge is 0.171 e. The van der Waals surface area contributed by atoms with Crippen LogP contribution < -0.4 is 15.2 Å². The first kappa shape index (κ1) is 14.5. The molecular formula is C14H21NO3. The van der Waals surface area contributed by atoms with E-state index in [4.69, 9.17) is 15.2 Å². The molecule has 1 aromatic carbocycles. The van der Waals surface area contributed by atoms with Gasteiger partial charge in [-0.25, -0.2) is 0 Å². The predicted molar refractivity (Wildman–Crippen MR) is 71.4 cm³/mol. The molecule has 0 spiro atoms. The van der Waals surface area contributed by atoms with Crippen molar-refractivity contribution in [1.82, 2.24) is 0 Å². The predicted octanol–water partition coefficient (Wildman–Crippen LogP) is 2.40. The average Bonchev–Trinajstić information content (AvgIpc) is 2.37. The van der Waals surface area contributed by atoms with E-state index in [-0.39, 0.29) is 11.8 Å². The van der Waals surface area contributed by atoms with E-state index < -0.39 is 0 Å². The summed E-state index contributed by atoms with van der Waals surface area (Å²) in [5.74, 6) is 1.02. The maximum absolute atomic E-state index is 12.2. The number of hydrogen-bond acceptors (Lipinski definition) is 4. The van der Waals surface area contributed by atoms with Crippen molar-refractivity contribution in [2.45, 2.75) is 32.2 Å². The fourth-order valence-electron chi connectivity index (χ4n) is 1.94.